The van der Waals surface area contributed by atoms with Gasteiger partial charge in [0.25, 0.3) is 0 Å². The van der Waals surface area contributed by atoms with Crippen LogP contribution in [0.4, 0.5) is 0 Å². The van der Waals surface area contributed by atoms with Crippen LogP contribution in [0.5, 0.6) is 0 Å². The zero-order valence-electron chi connectivity index (χ0n) is 8.47. The van der Waals surface area contributed by atoms with Gasteiger partial charge in [-0.05, 0) is 31.8 Å². The van der Waals surface area contributed by atoms with Crippen LogP contribution in [-0.2, 0) is 4.74 Å². The Hall–Kier alpha value is -0.460. The average Bonchev–Trinajstić information content (AvgIpc) is 1.99. The summed E-state index contributed by atoms with van der Waals surface area (Å²) in [5.74, 6) is 1.83. The third-order valence-corrected chi connectivity index (χ3v) is 2.39. The highest BCUT2D eigenvalue weighted by molar-refractivity contribution is 4.97. The second-order valence-electron chi connectivity index (χ2n) is 3.87. The summed E-state index contributed by atoms with van der Waals surface area (Å²) >= 11 is 0. The van der Waals surface area contributed by atoms with Gasteiger partial charge in [-0.15, -0.1) is 0 Å². The quantitative estimate of drug-likeness (QED) is 0.626. The van der Waals surface area contributed by atoms with Gasteiger partial charge in [0.2, 0.25) is 0 Å². The van der Waals surface area contributed by atoms with Crippen molar-refractivity contribution in [3.63, 3.8) is 0 Å². The molecule has 0 aromatic heterocycles. The molecule has 0 aromatic rings. The Bertz CT molecular complexity index is 160. The van der Waals surface area contributed by atoms with Crippen molar-refractivity contribution in [3.8, 4) is 0 Å². The van der Waals surface area contributed by atoms with Crippen LogP contribution in [0.2, 0.25) is 0 Å². The molecule has 0 spiro atoms. The Morgan fingerprint density at radius 2 is 2.33 bits per heavy atom. The second-order valence-corrected chi connectivity index (χ2v) is 3.87. The van der Waals surface area contributed by atoms with Gasteiger partial charge in [-0.25, -0.2) is 0 Å². The molecule has 1 heteroatoms. The molecule has 1 heterocycles. The van der Waals surface area contributed by atoms with Crippen molar-refractivity contribution in [2.24, 2.45) is 5.92 Å². The maximum absolute atomic E-state index is 5.72. The van der Waals surface area contributed by atoms with Gasteiger partial charge in [0, 0.05) is 0 Å². The molecule has 1 aliphatic heterocycles. The van der Waals surface area contributed by atoms with Crippen molar-refractivity contribution in [2.45, 2.75) is 52.6 Å². The molecule has 0 aliphatic carbocycles. The van der Waals surface area contributed by atoms with Gasteiger partial charge in [-0.2, -0.15) is 0 Å². The van der Waals surface area contributed by atoms with E-state index in [2.05, 4.69) is 26.8 Å². The molecule has 0 N–H and O–H groups in total. The van der Waals surface area contributed by atoms with Gasteiger partial charge in [-0.1, -0.05) is 26.7 Å². The van der Waals surface area contributed by atoms with Gasteiger partial charge in [0.05, 0.1) is 11.9 Å². The summed E-state index contributed by atoms with van der Waals surface area (Å²) in [5, 5.41) is 0. The first-order valence-corrected chi connectivity index (χ1v) is 5.07. The summed E-state index contributed by atoms with van der Waals surface area (Å²) in [7, 11) is 0. The third-order valence-electron chi connectivity index (χ3n) is 2.39. The molecule has 0 saturated carbocycles. The lowest BCUT2D eigenvalue weighted by Crippen LogP contribution is -2.19. The Labute approximate surface area is 75.8 Å². The fraction of sp³-hybridized carbons (Fsp3) is 0.818. The molecule has 0 radical (unpaired) electrons. The number of ether oxygens (including phenoxy) is 1. The summed E-state index contributed by atoms with van der Waals surface area (Å²) in [4.78, 5) is 0. The normalized spacial score (nSPS) is 29.4. The van der Waals surface area contributed by atoms with Crippen LogP contribution < -0.4 is 0 Å². The van der Waals surface area contributed by atoms with Gasteiger partial charge in [0.15, 0.2) is 0 Å². The van der Waals surface area contributed by atoms with Gasteiger partial charge < -0.3 is 4.74 Å². The van der Waals surface area contributed by atoms with E-state index < -0.39 is 0 Å². The minimum absolute atomic E-state index is 0.491. The van der Waals surface area contributed by atoms with E-state index in [0.717, 1.165) is 5.76 Å². The summed E-state index contributed by atoms with van der Waals surface area (Å²) in [5.41, 5.74) is 0. The minimum Gasteiger partial charge on any atom is -0.495 e. The molecule has 2 unspecified atom stereocenters. The molecule has 2 atom stereocenters. The molecule has 0 fully saturated rings. The molecule has 0 bridgehead atoms. The zero-order chi connectivity index (χ0) is 8.97. The summed E-state index contributed by atoms with van der Waals surface area (Å²) < 4.78 is 5.72. The van der Waals surface area contributed by atoms with Gasteiger partial charge in [0.1, 0.15) is 0 Å². The third kappa shape index (κ3) is 2.88. The second kappa shape index (κ2) is 4.54. The largest absolute Gasteiger partial charge is 0.495 e. The number of hydrogen-bond acceptors (Lipinski definition) is 1. The lowest BCUT2D eigenvalue weighted by molar-refractivity contribution is 0.0742. The van der Waals surface area contributed by atoms with E-state index in [9.17, 15) is 0 Å². The fourth-order valence-electron chi connectivity index (χ4n) is 1.84. The van der Waals surface area contributed by atoms with Crippen molar-refractivity contribution >= 4 is 0 Å². The Morgan fingerprint density at radius 1 is 1.58 bits per heavy atom. The standard InChI is InChI=1S/C11H20O/c1-4-5-6-11-8-9(2)7-10(3)12-11/h7,9,11H,4-6,8H2,1-3H3. The molecule has 12 heavy (non-hydrogen) atoms. The van der Waals surface area contributed by atoms with Crippen molar-refractivity contribution in [2.75, 3.05) is 0 Å². The first-order valence-electron chi connectivity index (χ1n) is 5.07. The number of rotatable bonds is 3. The smallest absolute Gasteiger partial charge is 0.0987 e. The fourth-order valence-corrected chi connectivity index (χ4v) is 1.84. The van der Waals surface area contributed by atoms with Crippen molar-refractivity contribution in [3.05, 3.63) is 11.8 Å². The zero-order valence-corrected chi connectivity index (χ0v) is 8.47. The van der Waals surface area contributed by atoms with E-state index in [-0.39, 0.29) is 0 Å². The van der Waals surface area contributed by atoms with Crippen LogP contribution in [0.1, 0.15) is 46.5 Å². The maximum atomic E-state index is 5.72. The molecule has 1 nitrogen and oxygen atoms in total. The first-order chi connectivity index (χ1) is 5.72. The van der Waals surface area contributed by atoms with Crippen LogP contribution in [-0.4, -0.2) is 6.10 Å². The lowest BCUT2D eigenvalue weighted by Gasteiger charge is -2.26. The van der Waals surface area contributed by atoms with Crippen LogP contribution >= 0.6 is 0 Å². The van der Waals surface area contributed by atoms with E-state index in [1.807, 2.05) is 0 Å². The SMILES string of the molecule is CCCCC1CC(C)C=C(C)O1. The van der Waals surface area contributed by atoms with E-state index in [1.54, 1.807) is 0 Å². The van der Waals surface area contributed by atoms with Crippen LogP contribution in [0.3, 0.4) is 0 Å². The molecule has 0 aromatic carbocycles. The molecule has 1 aliphatic rings. The molecule has 70 valence electrons. The van der Waals surface area contributed by atoms with Crippen LogP contribution in [0, 0.1) is 5.92 Å². The highest BCUT2D eigenvalue weighted by atomic mass is 16.5. The number of allylic oxidation sites excluding steroid dienone is 2. The van der Waals surface area contributed by atoms with E-state index in [1.165, 1.54) is 25.7 Å². The summed E-state index contributed by atoms with van der Waals surface area (Å²) in [6.45, 7) is 6.56. The molecule has 0 saturated heterocycles. The van der Waals surface area contributed by atoms with Crippen LogP contribution in [0.15, 0.2) is 11.8 Å². The van der Waals surface area contributed by atoms with Crippen molar-refractivity contribution < 1.29 is 4.74 Å². The highest BCUT2D eigenvalue weighted by Crippen LogP contribution is 2.24. The lowest BCUT2D eigenvalue weighted by atomic mass is 9.97. The van der Waals surface area contributed by atoms with E-state index in [0.29, 0.717) is 12.0 Å². The van der Waals surface area contributed by atoms with E-state index in [4.69, 9.17) is 4.74 Å². The number of hydrogen-bond donors (Lipinski definition) is 0. The molecule has 1 rings (SSSR count). The molecular formula is C11H20O. The molecular weight excluding hydrogens is 148 g/mol. The van der Waals surface area contributed by atoms with Crippen molar-refractivity contribution in [1.29, 1.82) is 0 Å². The Kier molecular flexibility index (Phi) is 3.64. The highest BCUT2D eigenvalue weighted by Gasteiger charge is 2.17. The summed E-state index contributed by atoms with van der Waals surface area (Å²) in [6.07, 6.45) is 7.72. The Morgan fingerprint density at radius 3 is 2.92 bits per heavy atom. The van der Waals surface area contributed by atoms with Gasteiger partial charge in [-0.3, -0.25) is 0 Å². The van der Waals surface area contributed by atoms with Gasteiger partial charge >= 0.3 is 0 Å². The predicted octanol–water partition coefficient (Wildman–Crippen LogP) is 3.51. The summed E-state index contributed by atoms with van der Waals surface area (Å²) in [6, 6.07) is 0. The van der Waals surface area contributed by atoms with Crippen molar-refractivity contribution in [1.82, 2.24) is 0 Å². The van der Waals surface area contributed by atoms with Crippen LogP contribution in [0.25, 0.3) is 0 Å². The number of unbranched alkanes of at least 4 members (excludes halogenated alkanes) is 1. The first kappa shape index (κ1) is 9.63. The Balaban J connectivity index is 2.34. The molecule has 0 amide bonds. The minimum atomic E-state index is 0.491. The predicted molar refractivity (Wildman–Crippen MR) is 51.9 cm³/mol. The topological polar surface area (TPSA) is 9.23 Å². The average molecular weight is 168 g/mol. The maximum Gasteiger partial charge on any atom is 0.0987 e. The monoisotopic (exact) mass is 168 g/mol. The van der Waals surface area contributed by atoms with E-state index >= 15 is 0 Å².